The predicted octanol–water partition coefficient (Wildman–Crippen LogP) is 3.05. The second-order valence-corrected chi connectivity index (χ2v) is 5.70. The number of hydrogen-bond acceptors (Lipinski definition) is 2. The van der Waals surface area contributed by atoms with Crippen molar-refractivity contribution >= 4 is 0 Å². The lowest BCUT2D eigenvalue weighted by Gasteiger charge is -2.24. The first kappa shape index (κ1) is 15.1. The molecule has 1 atom stereocenters. The Bertz CT molecular complexity index is 664. The van der Waals surface area contributed by atoms with Crippen LogP contribution in [0.2, 0.25) is 0 Å². The van der Waals surface area contributed by atoms with Gasteiger partial charge in [0.1, 0.15) is 5.82 Å². The molecule has 0 spiro atoms. The minimum atomic E-state index is -4.36. The van der Waals surface area contributed by atoms with E-state index < -0.39 is 11.7 Å². The maximum Gasteiger partial charge on any atom is 0.416 e. The van der Waals surface area contributed by atoms with Crippen LogP contribution in [0.5, 0.6) is 0 Å². The van der Waals surface area contributed by atoms with Crippen molar-refractivity contribution in [1.29, 1.82) is 0 Å². The van der Waals surface area contributed by atoms with Crippen molar-refractivity contribution < 1.29 is 18.3 Å². The Labute approximate surface area is 126 Å². The average molecular weight is 310 g/mol. The Balaban J connectivity index is 1.91. The summed E-state index contributed by atoms with van der Waals surface area (Å²) in [6, 6.07) is 5.61. The van der Waals surface area contributed by atoms with Crippen LogP contribution in [0.15, 0.2) is 30.5 Å². The normalized spacial score (nSPS) is 18.3. The third kappa shape index (κ3) is 2.88. The largest absolute Gasteiger partial charge is 0.416 e. The fourth-order valence-electron chi connectivity index (χ4n) is 2.99. The molecule has 0 aliphatic carbocycles. The zero-order chi connectivity index (χ0) is 15.7. The van der Waals surface area contributed by atoms with Crippen LogP contribution in [0.4, 0.5) is 13.2 Å². The number of aromatic nitrogens is 2. The molecule has 2 aromatic rings. The fourth-order valence-corrected chi connectivity index (χ4v) is 2.99. The Morgan fingerprint density at radius 2 is 2.05 bits per heavy atom. The van der Waals surface area contributed by atoms with Crippen molar-refractivity contribution in [3.05, 3.63) is 53.1 Å². The van der Waals surface area contributed by atoms with Gasteiger partial charge in [0, 0.05) is 37.4 Å². The van der Waals surface area contributed by atoms with Crippen LogP contribution in [-0.2, 0) is 25.6 Å². The van der Waals surface area contributed by atoms with Crippen LogP contribution in [0.3, 0.4) is 0 Å². The molecule has 6 heteroatoms. The van der Waals surface area contributed by atoms with Crippen LogP contribution < -0.4 is 0 Å². The molecule has 2 heterocycles. The van der Waals surface area contributed by atoms with E-state index in [-0.39, 0.29) is 24.5 Å². The molecule has 3 rings (SSSR count). The zero-order valence-electron chi connectivity index (χ0n) is 12.0. The number of aryl methyl sites for hydroxylation is 1. The molecule has 0 fully saturated rings. The van der Waals surface area contributed by atoms with Gasteiger partial charge in [0.15, 0.2) is 0 Å². The van der Waals surface area contributed by atoms with E-state index in [0.29, 0.717) is 12.4 Å². The van der Waals surface area contributed by atoms with Crippen molar-refractivity contribution in [3.8, 4) is 0 Å². The maximum absolute atomic E-state index is 13.1. The maximum atomic E-state index is 13.1. The summed E-state index contributed by atoms with van der Waals surface area (Å²) < 4.78 is 41.2. The number of benzene rings is 1. The Hall–Kier alpha value is -1.82. The van der Waals surface area contributed by atoms with Gasteiger partial charge in [0.2, 0.25) is 0 Å². The topological polar surface area (TPSA) is 38.1 Å². The highest BCUT2D eigenvalue weighted by Crippen LogP contribution is 2.33. The van der Waals surface area contributed by atoms with Gasteiger partial charge >= 0.3 is 6.18 Å². The Kier molecular flexibility index (Phi) is 3.95. The molecule has 1 unspecified atom stereocenters. The second kappa shape index (κ2) is 5.76. The van der Waals surface area contributed by atoms with Crippen molar-refractivity contribution in [2.45, 2.75) is 32.0 Å². The molecule has 3 nitrogen and oxygen atoms in total. The van der Waals surface area contributed by atoms with E-state index in [9.17, 15) is 18.3 Å². The summed E-state index contributed by atoms with van der Waals surface area (Å²) in [7, 11) is 0. The summed E-state index contributed by atoms with van der Waals surface area (Å²) in [5, 5.41) is 9.30. The molecule has 1 aromatic carbocycles. The number of aliphatic hydroxyl groups is 1. The van der Waals surface area contributed by atoms with Crippen LogP contribution in [0.1, 0.15) is 29.1 Å². The highest BCUT2D eigenvalue weighted by Gasteiger charge is 2.33. The number of fused-ring (bicyclic) bond motifs is 1. The molecule has 1 aromatic heterocycles. The first-order valence-electron chi connectivity index (χ1n) is 7.28. The number of hydrogen-bond donors (Lipinski definition) is 1. The Morgan fingerprint density at radius 3 is 2.77 bits per heavy atom. The van der Waals surface area contributed by atoms with E-state index in [1.54, 1.807) is 12.3 Å². The molecule has 0 saturated carbocycles. The lowest BCUT2D eigenvalue weighted by molar-refractivity contribution is -0.138. The number of imidazole rings is 1. The lowest BCUT2D eigenvalue weighted by Crippen LogP contribution is -2.24. The lowest BCUT2D eigenvalue weighted by atomic mass is 9.98. The number of nitrogens with zero attached hydrogens (tertiary/aromatic N) is 2. The molecule has 0 radical (unpaired) electrons. The summed E-state index contributed by atoms with van der Waals surface area (Å²) in [6.45, 7) is 0.714. The Morgan fingerprint density at radius 1 is 1.27 bits per heavy atom. The van der Waals surface area contributed by atoms with Gasteiger partial charge in [0.05, 0.1) is 5.56 Å². The smallest absolute Gasteiger partial charge is 0.396 e. The molecule has 0 bridgehead atoms. The van der Waals surface area contributed by atoms with Crippen molar-refractivity contribution in [2.75, 3.05) is 6.61 Å². The van der Waals surface area contributed by atoms with Crippen molar-refractivity contribution in [1.82, 2.24) is 9.55 Å². The van der Waals surface area contributed by atoms with Crippen LogP contribution in [0, 0.1) is 5.92 Å². The number of alkyl halides is 3. The number of aliphatic hydroxyl groups excluding tert-OH is 1. The molecular formula is C16H17F3N2O. The van der Waals surface area contributed by atoms with Gasteiger partial charge < -0.3 is 9.67 Å². The zero-order valence-corrected chi connectivity index (χ0v) is 12.0. The van der Waals surface area contributed by atoms with E-state index in [1.807, 2.05) is 4.57 Å². The molecule has 118 valence electrons. The van der Waals surface area contributed by atoms with E-state index in [4.69, 9.17) is 0 Å². The third-order valence-corrected chi connectivity index (χ3v) is 4.20. The monoisotopic (exact) mass is 310 g/mol. The first-order chi connectivity index (χ1) is 10.5. The van der Waals surface area contributed by atoms with E-state index >= 15 is 0 Å². The highest BCUT2D eigenvalue weighted by molar-refractivity contribution is 5.32. The minimum Gasteiger partial charge on any atom is -0.396 e. The van der Waals surface area contributed by atoms with Gasteiger partial charge in [0.25, 0.3) is 0 Å². The molecule has 1 aliphatic rings. The van der Waals surface area contributed by atoms with E-state index in [0.717, 1.165) is 24.6 Å². The molecule has 0 saturated heterocycles. The first-order valence-corrected chi connectivity index (χ1v) is 7.28. The average Bonchev–Trinajstić information content (AvgIpc) is 2.89. The van der Waals surface area contributed by atoms with Gasteiger partial charge in [-0.2, -0.15) is 13.2 Å². The van der Waals surface area contributed by atoms with Crippen molar-refractivity contribution in [3.63, 3.8) is 0 Å². The summed E-state index contributed by atoms with van der Waals surface area (Å²) in [4.78, 5) is 4.30. The number of halogens is 3. The SMILES string of the molecule is OCC1CCc2cnc(Cc3ccccc3C(F)(F)F)n2C1. The fraction of sp³-hybridized carbons (Fsp3) is 0.438. The van der Waals surface area contributed by atoms with Gasteiger partial charge in [-0.3, -0.25) is 0 Å². The second-order valence-electron chi connectivity index (χ2n) is 5.70. The molecular weight excluding hydrogens is 293 g/mol. The third-order valence-electron chi connectivity index (χ3n) is 4.20. The number of rotatable bonds is 3. The molecule has 1 aliphatic heterocycles. The van der Waals surface area contributed by atoms with Crippen LogP contribution >= 0.6 is 0 Å². The molecule has 0 amide bonds. The summed E-state index contributed by atoms with van der Waals surface area (Å²) in [6.07, 6.45) is -0.783. The highest BCUT2D eigenvalue weighted by atomic mass is 19.4. The predicted molar refractivity (Wildman–Crippen MR) is 75.4 cm³/mol. The van der Waals surface area contributed by atoms with Gasteiger partial charge in [-0.1, -0.05) is 18.2 Å². The van der Waals surface area contributed by atoms with Gasteiger partial charge in [-0.25, -0.2) is 4.98 Å². The quantitative estimate of drug-likeness (QED) is 0.946. The van der Waals surface area contributed by atoms with Crippen LogP contribution in [-0.4, -0.2) is 21.3 Å². The summed E-state index contributed by atoms with van der Waals surface area (Å²) in [5.41, 5.74) is 0.653. The molecule has 1 N–H and O–H groups in total. The van der Waals surface area contributed by atoms with Gasteiger partial charge in [-0.15, -0.1) is 0 Å². The molecule has 22 heavy (non-hydrogen) atoms. The minimum absolute atomic E-state index is 0.0935. The van der Waals surface area contributed by atoms with Crippen molar-refractivity contribution in [2.24, 2.45) is 5.92 Å². The summed E-state index contributed by atoms with van der Waals surface area (Å²) >= 11 is 0. The van der Waals surface area contributed by atoms with E-state index in [1.165, 1.54) is 12.1 Å². The van der Waals surface area contributed by atoms with Crippen LogP contribution in [0.25, 0.3) is 0 Å². The van der Waals surface area contributed by atoms with E-state index in [2.05, 4.69) is 4.98 Å². The standard InChI is InChI=1S/C16H17F3N2O/c17-16(18,19)14-4-2-1-3-12(14)7-15-20-8-13-6-5-11(10-22)9-21(13)15/h1-4,8,11,22H,5-7,9-10H2. The summed E-state index contributed by atoms with van der Waals surface area (Å²) in [5.74, 6) is 0.781. The van der Waals surface area contributed by atoms with Gasteiger partial charge in [-0.05, 0) is 24.5 Å².